The lowest BCUT2D eigenvalue weighted by atomic mass is 10.4. The predicted octanol–water partition coefficient (Wildman–Crippen LogP) is 2.09. The summed E-state index contributed by atoms with van der Waals surface area (Å²) in [4.78, 5) is 0. The molecule has 0 rings (SSSR count). The third-order valence-electron chi connectivity index (χ3n) is 1.20. The van der Waals surface area contributed by atoms with Gasteiger partial charge in [0.05, 0.1) is 25.7 Å². The minimum atomic E-state index is 0.872. The van der Waals surface area contributed by atoms with E-state index in [1.165, 1.54) is 0 Å². The first-order valence-electron chi connectivity index (χ1n) is 3.14. The van der Waals surface area contributed by atoms with Crippen molar-refractivity contribution in [2.75, 3.05) is 14.2 Å². The Bertz CT molecular complexity index is 127. The van der Waals surface area contributed by atoms with Crippen molar-refractivity contribution in [1.29, 1.82) is 0 Å². The van der Waals surface area contributed by atoms with Crippen molar-refractivity contribution in [1.82, 2.24) is 0 Å². The molecule has 0 aliphatic rings. The molecule has 0 aliphatic carbocycles. The second-order valence-corrected chi connectivity index (χ2v) is 1.96. The number of rotatable bonds is 3. The van der Waals surface area contributed by atoms with Crippen LogP contribution in [0.2, 0.25) is 0 Å². The summed E-state index contributed by atoms with van der Waals surface area (Å²) in [6.07, 6.45) is 3.72. The van der Waals surface area contributed by atoms with Gasteiger partial charge in [-0.05, 0) is 26.0 Å². The van der Waals surface area contributed by atoms with Crippen LogP contribution < -0.4 is 0 Å². The van der Waals surface area contributed by atoms with Gasteiger partial charge in [-0.25, -0.2) is 0 Å². The zero-order valence-corrected chi connectivity index (χ0v) is 6.97. The summed E-state index contributed by atoms with van der Waals surface area (Å²) in [5, 5.41) is 0. The highest BCUT2D eigenvalue weighted by atomic mass is 16.5. The fraction of sp³-hybridized carbons (Fsp3) is 0.500. The molecule has 0 N–H and O–H groups in total. The number of methoxy groups -OCH3 is 2. The maximum atomic E-state index is 4.91. The van der Waals surface area contributed by atoms with Crippen LogP contribution in [0.15, 0.2) is 23.7 Å². The molecule has 0 fully saturated rings. The molecule has 0 bridgehead atoms. The summed E-state index contributed by atoms with van der Waals surface area (Å²) < 4.78 is 9.81. The zero-order valence-electron chi connectivity index (χ0n) is 6.97. The van der Waals surface area contributed by atoms with E-state index in [1.807, 2.05) is 26.0 Å². The van der Waals surface area contributed by atoms with Crippen LogP contribution in [0, 0.1) is 0 Å². The first-order valence-corrected chi connectivity index (χ1v) is 3.14. The zero-order chi connectivity index (χ0) is 7.98. The van der Waals surface area contributed by atoms with Gasteiger partial charge in [0.1, 0.15) is 0 Å². The van der Waals surface area contributed by atoms with E-state index in [1.54, 1.807) is 14.2 Å². The molecule has 0 heterocycles. The van der Waals surface area contributed by atoms with Crippen LogP contribution in [0.25, 0.3) is 0 Å². The van der Waals surface area contributed by atoms with Crippen LogP contribution >= 0.6 is 0 Å². The molecule has 58 valence electrons. The maximum Gasteiger partial charge on any atom is 0.0925 e. The van der Waals surface area contributed by atoms with E-state index in [-0.39, 0.29) is 0 Å². The van der Waals surface area contributed by atoms with Crippen molar-refractivity contribution in [3.05, 3.63) is 23.7 Å². The van der Waals surface area contributed by atoms with Crippen LogP contribution in [-0.4, -0.2) is 14.2 Å². The van der Waals surface area contributed by atoms with E-state index in [0.29, 0.717) is 0 Å². The van der Waals surface area contributed by atoms with E-state index in [2.05, 4.69) is 0 Å². The Labute approximate surface area is 62.1 Å². The Hall–Kier alpha value is -0.920. The minimum absolute atomic E-state index is 0.872. The lowest BCUT2D eigenvalue weighted by Gasteiger charge is -1.97. The molecule has 0 radical (unpaired) electrons. The highest BCUT2D eigenvalue weighted by Crippen LogP contribution is 1.97. The number of hydrogen-bond donors (Lipinski definition) is 0. The lowest BCUT2D eigenvalue weighted by Crippen LogP contribution is -1.79. The molecule has 2 nitrogen and oxygen atoms in total. The first kappa shape index (κ1) is 9.08. The van der Waals surface area contributed by atoms with Gasteiger partial charge in [0.2, 0.25) is 0 Å². The van der Waals surface area contributed by atoms with Crippen LogP contribution in [0.1, 0.15) is 13.8 Å². The molecule has 2 heteroatoms. The Morgan fingerprint density at radius 2 is 1.20 bits per heavy atom. The maximum absolute atomic E-state index is 4.91. The van der Waals surface area contributed by atoms with E-state index in [0.717, 1.165) is 11.5 Å². The number of allylic oxidation sites excluding steroid dienone is 4. The van der Waals surface area contributed by atoms with Crippen molar-refractivity contribution in [3.8, 4) is 0 Å². The molecule has 0 atom stereocenters. The van der Waals surface area contributed by atoms with Crippen LogP contribution in [0.3, 0.4) is 0 Å². The van der Waals surface area contributed by atoms with E-state index < -0.39 is 0 Å². The summed E-state index contributed by atoms with van der Waals surface area (Å²) >= 11 is 0. The first-order chi connectivity index (χ1) is 4.70. The van der Waals surface area contributed by atoms with Crippen LogP contribution in [-0.2, 0) is 9.47 Å². The summed E-state index contributed by atoms with van der Waals surface area (Å²) in [5.74, 6) is 1.74. The fourth-order valence-electron chi connectivity index (χ4n) is 0.371. The van der Waals surface area contributed by atoms with Crippen LogP contribution in [0.4, 0.5) is 0 Å². The summed E-state index contributed by atoms with van der Waals surface area (Å²) in [7, 11) is 3.28. The van der Waals surface area contributed by atoms with Gasteiger partial charge >= 0.3 is 0 Å². The predicted molar refractivity (Wildman–Crippen MR) is 41.5 cm³/mol. The van der Waals surface area contributed by atoms with Crippen LogP contribution in [0.5, 0.6) is 0 Å². The fourth-order valence-corrected chi connectivity index (χ4v) is 0.371. The summed E-state index contributed by atoms with van der Waals surface area (Å²) in [5.41, 5.74) is 0. The normalized spacial score (nSPS) is 13.2. The quantitative estimate of drug-likeness (QED) is 0.443. The second kappa shape index (κ2) is 4.91. The average Bonchev–Trinajstić information content (AvgIpc) is 1.99. The van der Waals surface area contributed by atoms with Crippen molar-refractivity contribution in [2.24, 2.45) is 0 Å². The van der Waals surface area contributed by atoms with Gasteiger partial charge in [-0.3, -0.25) is 0 Å². The Kier molecular flexibility index (Phi) is 4.46. The smallest absolute Gasteiger partial charge is 0.0925 e. The average molecular weight is 142 g/mol. The minimum Gasteiger partial charge on any atom is -0.501 e. The topological polar surface area (TPSA) is 18.5 Å². The molecule has 0 saturated carbocycles. The molecule has 0 aromatic carbocycles. The molecule has 0 amide bonds. The van der Waals surface area contributed by atoms with Crippen molar-refractivity contribution in [3.63, 3.8) is 0 Å². The third-order valence-corrected chi connectivity index (χ3v) is 1.20. The molecule has 0 aromatic rings. The Balaban J connectivity index is 3.91. The standard InChI is InChI=1S/C8H14O2/c1-7(9-3)5-6-8(2)10-4/h5-6H,1-4H3. The summed E-state index contributed by atoms with van der Waals surface area (Å²) in [6.45, 7) is 3.78. The number of ether oxygens (including phenoxy) is 2. The van der Waals surface area contributed by atoms with Gasteiger partial charge in [0.25, 0.3) is 0 Å². The molecule has 10 heavy (non-hydrogen) atoms. The highest BCUT2D eigenvalue weighted by molar-refractivity contribution is 5.08. The molecular weight excluding hydrogens is 128 g/mol. The van der Waals surface area contributed by atoms with Gasteiger partial charge in [0.15, 0.2) is 0 Å². The third kappa shape index (κ3) is 4.01. The molecule has 0 saturated heterocycles. The van der Waals surface area contributed by atoms with Gasteiger partial charge < -0.3 is 9.47 Å². The molecule has 0 unspecified atom stereocenters. The van der Waals surface area contributed by atoms with Crippen molar-refractivity contribution in [2.45, 2.75) is 13.8 Å². The van der Waals surface area contributed by atoms with E-state index >= 15 is 0 Å². The molecular formula is C8H14O2. The molecule has 0 aromatic heterocycles. The summed E-state index contributed by atoms with van der Waals surface area (Å²) in [6, 6.07) is 0. The Morgan fingerprint density at radius 1 is 0.900 bits per heavy atom. The van der Waals surface area contributed by atoms with Gasteiger partial charge in [-0.2, -0.15) is 0 Å². The highest BCUT2D eigenvalue weighted by Gasteiger charge is 1.82. The number of hydrogen-bond acceptors (Lipinski definition) is 2. The monoisotopic (exact) mass is 142 g/mol. The Morgan fingerprint density at radius 3 is 1.40 bits per heavy atom. The van der Waals surface area contributed by atoms with E-state index in [9.17, 15) is 0 Å². The molecule has 0 aliphatic heterocycles. The van der Waals surface area contributed by atoms with Gasteiger partial charge in [-0.15, -0.1) is 0 Å². The lowest BCUT2D eigenvalue weighted by molar-refractivity contribution is 0.288. The second-order valence-electron chi connectivity index (χ2n) is 1.96. The van der Waals surface area contributed by atoms with E-state index in [4.69, 9.17) is 9.47 Å². The van der Waals surface area contributed by atoms with Crippen molar-refractivity contribution >= 4 is 0 Å². The largest absolute Gasteiger partial charge is 0.501 e. The molecule has 0 spiro atoms. The SMILES string of the molecule is COC(C)=CC=C(C)OC. The van der Waals surface area contributed by atoms with Crippen molar-refractivity contribution < 1.29 is 9.47 Å². The van der Waals surface area contributed by atoms with Gasteiger partial charge in [-0.1, -0.05) is 0 Å². The van der Waals surface area contributed by atoms with Gasteiger partial charge in [0, 0.05) is 0 Å².